The molecule has 1 unspecified atom stereocenters. The van der Waals surface area contributed by atoms with Crippen LogP contribution in [0.2, 0.25) is 0 Å². The highest BCUT2D eigenvalue weighted by Gasteiger charge is 2.30. The number of ether oxygens (including phenoxy) is 2. The molecule has 2 aromatic carbocycles. The molecule has 11 heteroatoms. The molecule has 1 atom stereocenters. The Hall–Kier alpha value is -3.18. The summed E-state index contributed by atoms with van der Waals surface area (Å²) in [5, 5.41) is 14.2. The summed E-state index contributed by atoms with van der Waals surface area (Å²) in [7, 11) is -2.36. The number of para-hydroxylation sites is 2. The van der Waals surface area contributed by atoms with Gasteiger partial charge in [-0.1, -0.05) is 12.1 Å². The van der Waals surface area contributed by atoms with Crippen molar-refractivity contribution in [2.24, 2.45) is 0 Å². The number of hydrogen-bond acceptors (Lipinski definition) is 7. The van der Waals surface area contributed by atoms with Gasteiger partial charge in [0.1, 0.15) is 5.75 Å². The number of carbonyl (C=O) groups excluding carboxylic acids is 1. The minimum atomic E-state index is -3.82. The van der Waals surface area contributed by atoms with E-state index in [1.807, 2.05) is 0 Å². The van der Waals surface area contributed by atoms with E-state index >= 15 is 0 Å². The molecule has 1 heterocycles. The summed E-state index contributed by atoms with van der Waals surface area (Å²) >= 11 is 0. The van der Waals surface area contributed by atoms with Crippen LogP contribution in [0.25, 0.3) is 0 Å². The van der Waals surface area contributed by atoms with Gasteiger partial charge >= 0.3 is 5.69 Å². The molecule has 1 aliphatic heterocycles. The summed E-state index contributed by atoms with van der Waals surface area (Å²) in [5.74, 6) is -0.300. The molecule has 0 aliphatic carbocycles. The van der Waals surface area contributed by atoms with Gasteiger partial charge in [0.2, 0.25) is 10.0 Å². The molecule has 0 spiro atoms. The number of carbonyl (C=O) groups is 1. The molecule has 1 saturated heterocycles. The third kappa shape index (κ3) is 4.94. The normalized spacial score (nSPS) is 15.3. The van der Waals surface area contributed by atoms with Gasteiger partial charge in [0.05, 0.1) is 22.6 Å². The minimum Gasteiger partial charge on any atom is -0.495 e. The fourth-order valence-electron chi connectivity index (χ4n) is 3.20. The quantitative estimate of drug-likeness (QED) is 0.485. The maximum absolute atomic E-state index is 12.7. The van der Waals surface area contributed by atoms with E-state index in [0.29, 0.717) is 24.5 Å². The lowest BCUT2D eigenvalue weighted by molar-refractivity contribution is -0.386. The van der Waals surface area contributed by atoms with E-state index in [-0.39, 0.29) is 10.6 Å². The average molecular weight is 449 g/mol. The Balaban J connectivity index is 1.80. The van der Waals surface area contributed by atoms with E-state index in [9.17, 15) is 23.3 Å². The number of methoxy groups -OCH3 is 1. The lowest BCUT2D eigenvalue weighted by atomic mass is 10.2. The van der Waals surface area contributed by atoms with Crippen LogP contribution in [0, 0.1) is 10.1 Å². The smallest absolute Gasteiger partial charge is 0.312 e. The second-order valence-corrected chi connectivity index (χ2v) is 8.89. The average Bonchev–Trinajstić information content (AvgIpc) is 3.30. The number of anilines is 1. The van der Waals surface area contributed by atoms with Crippen LogP contribution < -0.4 is 14.8 Å². The van der Waals surface area contributed by atoms with Gasteiger partial charge in [-0.25, -0.2) is 8.42 Å². The van der Waals surface area contributed by atoms with Crippen molar-refractivity contribution in [3.8, 4) is 11.5 Å². The van der Waals surface area contributed by atoms with Gasteiger partial charge in [0, 0.05) is 19.2 Å². The maximum atomic E-state index is 12.7. The molecule has 1 N–H and O–H groups in total. The number of benzene rings is 2. The summed E-state index contributed by atoms with van der Waals surface area (Å²) in [6, 6.07) is 10.2. The molecular weight excluding hydrogens is 426 g/mol. The first-order valence-electron chi connectivity index (χ1n) is 9.63. The minimum absolute atomic E-state index is 0.181. The molecule has 0 bridgehead atoms. The fraction of sp³-hybridized carbons (Fsp3) is 0.350. The van der Waals surface area contributed by atoms with E-state index in [4.69, 9.17) is 9.47 Å². The highest BCUT2D eigenvalue weighted by atomic mass is 32.2. The lowest BCUT2D eigenvalue weighted by Gasteiger charge is -2.18. The summed E-state index contributed by atoms with van der Waals surface area (Å²) < 4.78 is 37.4. The van der Waals surface area contributed by atoms with Gasteiger partial charge < -0.3 is 14.8 Å². The first-order chi connectivity index (χ1) is 14.7. The molecule has 0 saturated carbocycles. The van der Waals surface area contributed by atoms with E-state index in [0.717, 1.165) is 18.9 Å². The lowest BCUT2D eigenvalue weighted by Crippen LogP contribution is -2.30. The monoisotopic (exact) mass is 449 g/mol. The second-order valence-electron chi connectivity index (χ2n) is 6.95. The highest BCUT2D eigenvalue weighted by Crippen LogP contribution is 2.32. The molecule has 2 aromatic rings. The zero-order chi connectivity index (χ0) is 22.6. The third-order valence-electron chi connectivity index (χ3n) is 4.87. The summed E-state index contributed by atoms with van der Waals surface area (Å²) in [5.41, 5.74) is -0.107. The SMILES string of the molecule is COc1ccccc1NC(=O)C(C)Oc1ccc(S(=O)(=O)N2CCCC2)cc1[N+](=O)[O-]. The molecule has 166 valence electrons. The van der Waals surface area contributed by atoms with Crippen LogP contribution in [0.15, 0.2) is 47.4 Å². The fourth-order valence-corrected chi connectivity index (χ4v) is 4.74. The van der Waals surface area contributed by atoms with E-state index in [2.05, 4.69) is 5.32 Å². The molecule has 1 fully saturated rings. The van der Waals surface area contributed by atoms with Crippen LogP contribution in [0.5, 0.6) is 11.5 Å². The van der Waals surface area contributed by atoms with Gasteiger partial charge in [0.15, 0.2) is 11.9 Å². The van der Waals surface area contributed by atoms with Gasteiger partial charge in [-0.3, -0.25) is 14.9 Å². The molecule has 0 aromatic heterocycles. The van der Waals surface area contributed by atoms with E-state index < -0.39 is 32.6 Å². The molecule has 1 aliphatic rings. The van der Waals surface area contributed by atoms with Crippen molar-refractivity contribution in [2.75, 3.05) is 25.5 Å². The first-order valence-corrected chi connectivity index (χ1v) is 11.1. The number of sulfonamides is 1. The van der Waals surface area contributed by atoms with Crippen LogP contribution in [0.1, 0.15) is 19.8 Å². The predicted molar refractivity (Wildman–Crippen MR) is 113 cm³/mol. The number of nitrogens with one attached hydrogen (secondary N) is 1. The second kappa shape index (κ2) is 9.31. The summed E-state index contributed by atoms with van der Waals surface area (Å²) in [6.45, 7) is 2.20. The zero-order valence-electron chi connectivity index (χ0n) is 17.1. The molecule has 31 heavy (non-hydrogen) atoms. The number of nitro groups is 1. The van der Waals surface area contributed by atoms with Gasteiger partial charge in [-0.2, -0.15) is 4.31 Å². The molecule has 10 nitrogen and oxygen atoms in total. The van der Waals surface area contributed by atoms with Crippen LogP contribution >= 0.6 is 0 Å². The topological polar surface area (TPSA) is 128 Å². The number of nitrogens with zero attached hydrogens (tertiary/aromatic N) is 2. The van der Waals surface area contributed by atoms with Crippen LogP contribution in [0.3, 0.4) is 0 Å². The standard InChI is InChI=1S/C20H23N3O7S/c1-14(20(24)21-16-7-3-4-8-18(16)29-2)30-19-10-9-15(13-17(19)23(25)26)31(27,28)22-11-5-6-12-22/h3-4,7-10,13-14H,5-6,11-12H2,1-2H3,(H,21,24). The largest absolute Gasteiger partial charge is 0.495 e. The Morgan fingerprint density at radius 1 is 1.16 bits per heavy atom. The Kier molecular flexibility index (Phi) is 6.76. The Morgan fingerprint density at radius 3 is 2.48 bits per heavy atom. The molecule has 0 radical (unpaired) electrons. The van der Waals surface area contributed by atoms with Gasteiger partial charge in [-0.05, 0) is 44.0 Å². The van der Waals surface area contributed by atoms with Crippen molar-refractivity contribution in [3.63, 3.8) is 0 Å². The Labute approximate surface area is 180 Å². The van der Waals surface area contributed by atoms with Crippen molar-refractivity contribution >= 4 is 27.3 Å². The van der Waals surface area contributed by atoms with E-state index in [1.165, 1.54) is 30.5 Å². The number of rotatable bonds is 8. The van der Waals surface area contributed by atoms with Crippen molar-refractivity contribution in [3.05, 3.63) is 52.6 Å². The predicted octanol–water partition coefficient (Wildman–Crippen LogP) is 2.79. The molecule has 1 amide bonds. The number of nitro benzene ring substituents is 1. The molecular formula is C20H23N3O7S. The van der Waals surface area contributed by atoms with Crippen molar-refractivity contribution in [2.45, 2.75) is 30.8 Å². The maximum Gasteiger partial charge on any atom is 0.312 e. The number of hydrogen-bond donors (Lipinski definition) is 1. The Morgan fingerprint density at radius 2 is 1.84 bits per heavy atom. The van der Waals surface area contributed by atoms with Crippen molar-refractivity contribution in [1.29, 1.82) is 0 Å². The summed E-state index contributed by atoms with van der Waals surface area (Å²) in [4.78, 5) is 23.1. The first kappa shape index (κ1) is 22.5. The van der Waals surface area contributed by atoms with Gasteiger partial charge in [-0.15, -0.1) is 0 Å². The van der Waals surface area contributed by atoms with Crippen LogP contribution in [-0.4, -0.2) is 49.9 Å². The van der Waals surface area contributed by atoms with E-state index in [1.54, 1.807) is 24.3 Å². The zero-order valence-corrected chi connectivity index (χ0v) is 17.9. The number of amides is 1. The van der Waals surface area contributed by atoms with Crippen LogP contribution in [0.4, 0.5) is 11.4 Å². The summed E-state index contributed by atoms with van der Waals surface area (Å²) in [6.07, 6.45) is 0.410. The van der Waals surface area contributed by atoms with Crippen molar-refractivity contribution < 1.29 is 27.6 Å². The molecule has 3 rings (SSSR count). The van der Waals surface area contributed by atoms with Gasteiger partial charge in [0.25, 0.3) is 5.91 Å². The third-order valence-corrected chi connectivity index (χ3v) is 6.76. The van der Waals surface area contributed by atoms with Crippen LogP contribution in [-0.2, 0) is 14.8 Å². The highest BCUT2D eigenvalue weighted by molar-refractivity contribution is 7.89. The van der Waals surface area contributed by atoms with Crippen molar-refractivity contribution in [1.82, 2.24) is 4.31 Å². The Bertz CT molecular complexity index is 1080.